The molecule has 4 aliphatic rings. The zero-order chi connectivity index (χ0) is 17.0. The lowest BCUT2D eigenvalue weighted by Crippen LogP contribution is -2.48. The van der Waals surface area contributed by atoms with Crippen LogP contribution in [-0.4, -0.2) is 16.1 Å². The number of aromatic nitrogens is 2. The topological polar surface area (TPSA) is 54.9 Å². The summed E-state index contributed by atoms with van der Waals surface area (Å²) in [6.45, 7) is 1.99. The normalized spacial score (nSPS) is 32.8. The van der Waals surface area contributed by atoms with Crippen LogP contribution in [0.2, 0.25) is 0 Å². The molecule has 0 unspecified atom stereocenters. The average molecular weight is 353 g/mol. The lowest BCUT2D eigenvalue weighted by molar-refractivity contribution is -0.00555. The molecule has 0 spiro atoms. The Bertz CT molecular complexity index is 793. The van der Waals surface area contributed by atoms with Gasteiger partial charge in [-0.3, -0.25) is 10.1 Å². The van der Waals surface area contributed by atoms with E-state index in [-0.39, 0.29) is 11.3 Å². The molecular formula is C20H23N3OS. The van der Waals surface area contributed by atoms with Gasteiger partial charge >= 0.3 is 0 Å². The highest BCUT2D eigenvalue weighted by Crippen LogP contribution is 2.61. The van der Waals surface area contributed by atoms with Crippen LogP contribution < -0.4 is 5.32 Å². The zero-order valence-electron chi connectivity index (χ0n) is 14.5. The molecule has 2 aromatic rings. The second-order valence-electron chi connectivity index (χ2n) is 8.43. The predicted octanol–water partition coefficient (Wildman–Crippen LogP) is 4.57. The molecule has 130 valence electrons. The van der Waals surface area contributed by atoms with Crippen molar-refractivity contribution in [2.75, 3.05) is 5.32 Å². The fourth-order valence-corrected chi connectivity index (χ4v) is 6.77. The molecular weight excluding hydrogens is 330 g/mol. The number of carbonyl (C=O) groups is 1. The number of nitrogens with one attached hydrogen (secondary N) is 1. The minimum absolute atomic E-state index is 0.100. The number of hydrogen-bond acceptors (Lipinski definition) is 4. The quantitative estimate of drug-likeness (QED) is 0.879. The molecule has 1 aromatic carbocycles. The Balaban J connectivity index is 1.36. The number of carbonyl (C=O) groups excluding carboxylic acids is 1. The third-order valence-corrected chi connectivity index (χ3v) is 7.50. The van der Waals surface area contributed by atoms with Gasteiger partial charge in [0.25, 0.3) is 5.91 Å². The summed E-state index contributed by atoms with van der Waals surface area (Å²) in [7, 11) is 0. The van der Waals surface area contributed by atoms with E-state index in [2.05, 4.69) is 15.5 Å². The molecule has 4 saturated carbocycles. The van der Waals surface area contributed by atoms with Crippen molar-refractivity contribution < 1.29 is 4.79 Å². The van der Waals surface area contributed by atoms with Crippen LogP contribution in [0.4, 0.5) is 5.13 Å². The molecule has 25 heavy (non-hydrogen) atoms. The lowest BCUT2D eigenvalue weighted by Gasteiger charge is -2.55. The van der Waals surface area contributed by atoms with Gasteiger partial charge in [0.15, 0.2) is 0 Å². The minimum atomic E-state index is -0.100. The van der Waals surface area contributed by atoms with Crippen molar-refractivity contribution in [3.8, 4) is 0 Å². The summed E-state index contributed by atoms with van der Waals surface area (Å²) in [6.07, 6.45) is 8.11. The number of rotatable bonds is 3. The fourth-order valence-electron chi connectivity index (χ4n) is 5.82. The van der Waals surface area contributed by atoms with E-state index in [9.17, 15) is 4.79 Å². The van der Waals surface area contributed by atoms with E-state index in [4.69, 9.17) is 0 Å². The molecule has 4 aliphatic carbocycles. The van der Waals surface area contributed by atoms with E-state index in [1.54, 1.807) is 11.3 Å². The van der Waals surface area contributed by atoms with E-state index < -0.39 is 0 Å². The highest BCUT2D eigenvalue weighted by Gasteiger charge is 2.53. The summed E-state index contributed by atoms with van der Waals surface area (Å²) in [5.41, 5.74) is 2.00. The van der Waals surface area contributed by atoms with Crippen molar-refractivity contribution >= 4 is 22.4 Å². The van der Waals surface area contributed by atoms with Gasteiger partial charge in [0.1, 0.15) is 5.01 Å². The van der Waals surface area contributed by atoms with Crippen molar-refractivity contribution in [1.29, 1.82) is 0 Å². The summed E-state index contributed by atoms with van der Waals surface area (Å²) in [5, 5.41) is 13.6. The van der Waals surface area contributed by atoms with Gasteiger partial charge in [0, 0.05) is 11.0 Å². The molecule has 1 amide bonds. The largest absolute Gasteiger partial charge is 0.296 e. The number of anilines is 1. The Hall–Kier alpha value is -1.75. The maximum Gasteiger partial charge on any atom is 0.257 e. The Morgan fingerprint density at radius 3 is 2.44 bits per heavy atom. The van der Waals surface area contributed by atoms with Gasteiger partial charge in [-0.05, 0) is 75.3 Å². The molecule has 0 radical (unpaired) electrons. The van der Waals surface area contributed by atoms with Crippen LogP contribution in [0.3, 0.4) is 0 Å². The van der Waals surface area contributed by atoms with Crippen LogP contribution in [0.15, 0.2) is 24.3 Å². The van der Waals surface area contributed by atoms with Crippen LogP contribution in [-0.2, 0) is 5.41 Å². The number of aryl methyl sites for hydroxylation is 1. The second kappa shape index (κ2) is 5.63. The predicted molar refractivity (Wildman–Crippen MR) is 98.9 cm³/mol. The fraction of sp³-hybridized carbons (Fsp3) is 0.550. The number of amides is 1. The van der Waals surface area contributed by atoms with Gasteiger partial charge in [0.05, 0.1) is 0 Å². The third kappa shape index (κ3) is 2.69. The van der Waals surface area contributed by atoms with Crippen LogP contribution >= 0.6 is 11.3 Å². The molecule has 6 rings (SSSR count). The summed E-state index contributed by atoms with van der Waals surface area (Å²) in [4.78, 5) is 12.5. The number of hydrogen-bond donors (Lipinski definition) is 1. The average Bonchev–Trinajstić information content (AvgIpc) is 3.03. The van der Waals surface area contributed by atoms with Gasteiger partial charge in [-0.2, -0.15) is 0 Å². The van der Waals surface area contributed by atoms with Crippen LogP contribution in [0.25, 0.3) is 0 Å². The van der Waals surface area contributed by atoms with Gasteiger partial charge < -0.3 is 0 Å². The van der Waals surface area contributed by atoms with Crippen molar-refractivity contribution in [2.45, 2.75) is 50.9 Å². The summed E-state index contributed by atoms with van der Waals surface area (Å²) < 4.78 is 0. The van der Waals surface area contributed by atoms with E-state index in [1.165, 1.54) is 38.5 Å². The zero-order valence-corrected chi connectivity index (χ0v) is 15.3. The highest BCUT2D eigenvalue weighted by molar-refractivity contribution is 7.15. The molecule has 4 nitrogen and oxygen atoms in total. The molecule has 1 N–H and O–H groups in total. The molecule has 0 aliphatic heterocycles. The Morgan fingerprint density at radius 1 is 1.12 bits per heavy atom. The molecule has 0 atom stereocenters. The highest BCUT2D eigenvalue weighted by atomic mass is 32.1. The standard InChI is InChI=1S/C20H23N3OS/c1-12-3-2-4-16(5-12)17(24)21-19-23-22-18(25-19)20-9-13-6-14(10-20)8-15(7-13)11-20/h2-5,13-15H,6-11H2,1H3,(H,21,23,24). The summed E-state index contributed by atoms with van der Waals surface area (Å²) in [6, 6.07) is 7.64. The maximum absolute atomic E-state index is 12.5. The first kappa shape index (κ1) is 15.5. The Kier molecular flexibility index (Phi) is 3.49. The van der Waals surface area contributed by atoms with Crippen molar-refractivity contribution in [3.05, 3.63) is 40.4 Å². The lowest BCUT2D eigenvalue weighted by atomic mass is 9.50. The molecule has 4 bridgehead atoms. The molecule has 1 heterocycles. The first-order valence-electron chi connectivity index (χ1n) is 9.32. The van der Waals surface area contributed by atoms with Crippen LogP contribution in [0.1, 0.15) is 59.5 Å². The smallest absolute Gasteiger partial charge is 0.257 e. The van der Waals surface area contributed by atoms with Gasteiger partial charge in [-0.25, -0.2) is 0 Å². The van der Waals surface area contributed by atoms with Gasteiger partial charge in [0.2, 0.25) is 5.13 Å². The SMILES string of the molecule is Cc1cccc(C(=O)Nc2nnc(C34CC5CC(CC(C5)C3)C4)s2)c1. The summed E-state index contributed by atoms with van der Waals surface area (Å²) in [5.74, 6) is 2.57. The van der Waals surface area contributed by atoms with Crippen molar-refractivity contribution in [2.24, 2.45) is 17.8 Å². The second-order valence-corrected chi connectivity index (χ2v) is 9.41. The molecule has 4 fully saturated rings. The monoisotopic (exact) mass is 353 g/mol. The minimum Gasteiger partial charge on any atom is -0.296 e. The van der Waals surface area contributed by atoms with Crippen LogP contribution in [0, 0.1) is 24.7 Å². The Labute approximate surface area is 152 Å². The maximum atomic E-state index is 12.5. The van der Waals surface area contributed by atoms with E-state index in [1.807, 2.05) is 31.2 Å². The van der Waals surface area contributed by atoms with E-state index >= 15 is 0 Å². The van der Waals surface area contributed by atoms with Gasteiger partial charge in [-0.15, -0.1) is 10.2 Å². The molecule has 0 saturated heterocycles. The number of nitrogens with zero attached hydrogens (tertiary/aromatic N) is 2. The summed E-state index contributed by atoms with van der Waals surface area (Å²) >= 11 is 1.59. The third-order valence-electron chi connectivity index (χ3n) is 6.42. The Morgan fingerprint density at radius 2 is 1.80 bits per heavy atom. The van der Waals surface area contributed by atoms with Crippen molar-refractivity contribution in [3.63, 3.8) is 0 Å². The van der Waals surface area contributed by atoms with E-state index in [0.29, 0.717) is 10.7 Å². The number of benzene rings is 1. The van der Waals surface area contributed by atoms with E-state index in [0.717, 1.165) is 28.3 Å². The van der Waals surface area contributed by atoms with Crippen molar-refractivity contribution in [1.82, 2.24) is 10.2 Å². The van der Waals surface area contributed by atoms with Gasteiger partial charge in [-0.1, -0.05) is 29.0 Å². The molecule has 5 heteroatoms. The van der Waals surface area contributed by atoms with Crippen LogP contribution in [0.5, 0.6) is 0 Å². The first-order valence-corrected chi connectivity index (χ1v) is 10.1. The molecule has 1 aromatic heterocycles. The first-order chi connectivity index (χ1) is 12.1.